The number of aryl methyl sites for hydroxylation is 1. The maximum Gasteiger partial charge on any atom is 0.138 e. The highest BCUT2D eigenvalue weighted by atomic mass is 16.3. The highest BCUT2D eigenvalue weighted by Crippen LogP contribution is 2.26. The van der Waals surface area contributed by atoms with Crippen LogP contribution in [0.1, 0.15) is 39.4 Å². The second-order valence-corrected chi connectivity index (χ2v) is 6.09. The summed E-state index contributed by atoms with van der Waals surface area (Å²) in [7, 11) is 0. The van der Waals surface area contributed by atoms with Crippen molar-refractivity contribution in [2.45, 2.75) is 52.2 Å². The Morgan fingerprint density at radius 2 is 2.05 bits per heavy atom. The van der Waals surface area contributed by atoms with E-state index >= 15 is 0 Å². The summed E-state index contributed by atoms with van der Waals surface area (Å²) in [4.78, 5) is 6.72. The van der Waals surface area contributed by atoms with Crippen LogP contribution in [0.15, 0.2) is 6.33 Å². The summed E-state index contributed by atoms with van der Waals surface area (Å²) in [6, 6.07) is 0. The fraction of sp³-hybridized carbons (Fsp3) is 0.857. The molecule has 0 saturated carbocycles. The number of likely N-dealkylation sites (tertiary alicyclic amines) is 1. The molecule has 1 aromatic rings. The van der Waals surface area contributed by atoms with Crippen molar-refractivity contribution in [2.75, 3.05) is 19.6 Å². The van der Waals surface area contributed by atoms with Gasteiger partial charge in [-0.3, -0.25) is 4.68 Å². The molecule has 0 bridgehead atoms. The number of aliphatic hydroxyl groups is 1. The minimum atomic E-state index is -0.604. The molecule has 0 aromatic carbocycles. The quantitative estimate of drug-likeness (QED) is 0.873. The molecule has 1 N–H and O–H groups in total. The molecule has 1 fully saturated rings. The zero-order valence-corrected chi connectivity index (χ0v) is 12.3. The Kier molecular flexibility index (Phi) is 4.58. The van der Waals surface area contributed by atoms with Crippen LogP contribution in [-0.2, 0) is 13.0 Å². The summed E-state index contributed by atoms with van der Waals surface area (Å²) < 4.78 is 1.87. The highest BCUT2D eigenvalue weighted by Gasteiger charge is 2.33. The number of rotatable bonds is 5. The van der Waals surface area contributed by atoms with Gasteiger partial charge in [-0.15, -0.1) is 0 Å². The normalized spacial score (nSPS) is 20.1. The molecule has 0 amide bonds. The van der Waals surface area contributed by atoms with Crippen LogP contribution in [0.3, 0.4) is 0 Å². The van der Waals surface area contributed by atoms with Gasteiger partial charge in [-0.2, -0.15) is 5.10 Å². The molecule has 5 heteroatoms. The van der Waals surface area contributed by atoms with Gasteiger partial charge >= 0.3 is 0 Å². The third-order valence-corrected chi connectivity index (χ3v) is 3.89. The van der Waals surface area contributed by atoms with E-state index in [2.05, 4.69) is 28.8 Å². The largest absolute Gasteiger partial charge is 0.389 e. The van der Waals surface area contributed by atoms with Gasteiger partial charge in [0.2, 0.25) is 0 Å². The summed E-state index contributed by atoms with van der Waals surface area (Å²) in [5.74, 6) is 1.59. The number of nitrogens with zero attached hydrogens (tertiary/aromatic N) is 4. The van der Waals surface area contributed by atoms with Crippen molar-refractivity contribution in [1.29, 1.82) is 0 Å². The summed E-state index contributed by atoms with van der Waals surface area (Å²) in [6.07, 6.45) is 3.86. The molecular formula is C14H26N4O. The smallest absolute Gasteiger partial charge is 0.138 e. The maximum atomic E-state index is 10.7. The van der Waals surface area contributed by atoms with Gasteiger partial charge in [-0.05, 0) is 25.7 Å². The fourth-order valence-electron chi connectivity index (χ4n) is 2.83. The maximum absolute atomic E-state index is 10.7. The Labute approximate surface area is 115 Å². The third kappa shape index (κ3) is 3.76. The first-order chi connectivity index (χ1) is 9.02. The van der Waals surface area contributed by atoms with Crippen molar-refractivity contribution >= 4 is 0 Å². The second kappa shape index (κ2) is 6.01. The average molecular weight is 266 g/mol. The van der Waals surface area contributed by atoms with Gasteiger partial charge in [0.05, 0.1) is 5.60 Å². The predicted molar refractivity (Wildman–Crippen MR) is 74.9 cm³/mol. The van der Waals surface area contributed by atoms with Gasteiger partial charge in [0, 0.05) is 32.6 Å². The predicted octanol–water partition coefficient (Wildman–Crippen LogP) is 1.32. The lowest BCUT2D eigenvalue weighted by atomic mass is 9.87. The molecule has 0 aliphatic carbocycles. The molecule has 2 rings (SSSR count). The third-order valence-electron chi connectivity index (χ3n) is 3.89. The van der Waals surface area contributed by atoms with Gasteiger partial charge in [0.1, 0.15) is 12.2 Å². The Morgan fingerprint density at radius 3 is 2.63 bits per heavy atom. The minimum absolute atomic E-state index is 0.604. The van der Waals surface area contributed by atoms with Gasteiger partial charge in [0.25, 0.3) is 0 Å². The van der Waals surface area contributed by atoms with Crippen molar-refractivity contribution in [3.05, 3.63) is 12.2 Å². The van der Waals surface area contributed by atoms with Crippen molar-refractivity contribution in [2.24, 2.45) is 5.92 Å². The van der Waals surface area contributed by atoms with Crippen LogP contribution in [0.25, 0.3) is 0 Å². The lowest BCUT2D eigenvalue weighted by Crippen LogP contribution is -2.47. The topological polar surface area (TPSA) is 54.2 Å². The Morgan fingerprint density at radius 1 is 1.37 bits per heavy atom. The van der Waals surface area contributed by atoms with Crippen LogP contribution >= 0.6 is 0 Å². The van der Waals surface area contributed by atoms with E-state index in [4.69, 9.17) is 0 Å². The van der Waals surface area contributed by atoms with E-state index in [-0.39, 0.29) is 0 Å². The molecule has 1 saturated heterocycles. The Balaban J connectivity index is 1.91. The number of hydrogen-bond acceptors (Lipinski definition) is 4. The lowest BCUT2D eigenvalue weighted by molar-refractivity contribution is -0.0247. The van der Waals surface area contributed by atoms with Crippen molar-refractivity contribution < 1.29 is 5.11 Å². The Bertz CT molecular complexity index is 394. The molecule has 19 heavy (non-hydrogen) atoms. The molecule has 0 unspecified atom stereocenters. The van der Waals surface area contributed by atoms with E-state index in [1.807, 2.05) is 11.6 Å². The van der Waals surface area contributed by atoms with Gasteiger partial charge in [-0.1, -0.05) is 13.8 Å². The molecule has 0 radical (unpaired) electrons. The van der Waals surface area contributed by atoms with Crippen LogP contribution in [0.5, 0.6) is 0 Å². The molecule has 0 spiro atoms. The van der Waals surface area contributed by atoms with E-state index < -0.39 is 5.60 Å². The van der Waals surface area contributed by atoms with E-state index in [1.165, 1.54) is 0 Å². The van der Waals surface area contributed by atoms with Crippen LogP contribution in [-0.4, -0.2) is 50.0 Å². The summed E-state index contributed by atoms with van der Waals surface area (Å²) >= 11 is 0. The number of hydrogen-bond donors (Lipinski definition) is 1. The zero-order chi connectivity index (χ0) is 13.9. The molecule has 0 atom stereocenters. The van der Waals surface area contributed by atoms with Crippen LogP contribution < -0.4 is 0 Å². The number of piperidine rings is 1. The van der Waals surface area contributed by atoms with Crippen molar-refractivity contribution in [1.82, 2.24) is 19.7 Å². The first-order valence-corrected chi connectivity index (χ1v) is 7.34. The molecular weight excluding hydrogens is 240 g/mol. The fourth-order valence-corrected chi connectivity index (χ4v) is 2.83. The van der Waals surface area contributed by atoms with Crippen LogP contribution in [0, 0.1) is 5.92 Å². The molecule has 2 heterocycles. The standard InChI is InChI=1S/C14H26N4O/c1-4-18-13(15-11-16-18)9-14(19)5-7-17(8-6-14)10-12(2)3/h11-12,19H,4-10H2,1-3H3. The summed E-state index contributed by atoms with van der Waals surface area (Å²) in [5, 5.41) is 14.9. The van der Waals surface area contributed by atoms with Gasteiger partial charge in [0.15, 0.2) is 0 Å². The van der Waals surface area contributed by atoms with E-state index in [1.54, 1.807) is 6.33 Å². The lowest BCUT2D eigenvalue weighted by Gasteiger charge is -2.38. The SMILES string of the molecule is CCn1ncnc1CC1(O)CCN(CC(C)C)CC1. The summed E-state index contributed by atoms with van der Waals surface area (Å²) in [6.45, 7) is 10.4. The van der Waals surface area contributed by atoms with Crippen molar-refractivity contribution in [3.8, 4) is 0 Å². The highest BCUT2D eigenvalue weighted by molar-refractivity contribution is 4.97. The second-order valence-electron chi connectivity index (χ2n) is 6.09. The summed E-state index contributed by atoms with van der Waals surface area (Å²) in [5.41, 5.74) is -0.604. The zero-order valence-electron chi connectivity index (χ0n) is 12.3. The monoisotopic (exact) mass is 266 g/mol. The Hall–Kier alpha value is -0.940. The van der Waals surface area contributed by atoms with E-state index in [9.17, 15) is 5.11 Å². The van der Waals surface area contributed by atoms with Crippen molar-refractivity contribution in [3.63, 3.8) is 0 Å². The van der Waals surface area contributed by atoms with E-state index in [0.29, 0.717) is 12.3 Å². The van der Waals surface area contributed by atoms with Crippen LogP contribution in [0.4, 0.5) is 0 Å². The minimum Gasteiger partial charge on any atom is -0.389 e. The molecule has 1 aromatic heterocycles. The first kappa shape index (κ1) is 14.5. The molecule has 1 aliphatic heterocycles. The number of aromatic nitrogens is 3. The average Bonchev–Trinajstić information content (AvgIpc) is 2.79. The molecule has 5 nitrogen and oxygen atoms in total. The van der Waals surface area contributed by atoms with Gasteiger partial charge in [-0.25, -0.2) is 4.98 Å². The first-order valence-electron chi connectivity index (χ1n) is 7.34. The van der Waals surface area contributed by atoms with E-state index in [0.717, 1.165) is 44.8 Å². The molecule has 108 valence electrons. The molecule has 1 aliphatic rings. The van der Waals surface area contributed by atoms with Crippen LogP contribution in [0.2, 0.25) is 0 Å². The van der Waals surface area contributed by atoms with Gasteiger partial charge < -0.3 is 10.0 Å².